The molecule has 0 aromatic carbocycles. The van der Waals surface area contributed by atoms with Gasteiger partial charge in [0.05, 0.1) is 12.2 Å². The lowest BCUT2D eigenvalue weighted by Crippen LogP contribution is -2.34. The number of ether oxygens (including phenoxy) is 2. The quantitative estimate of drug-likeness (QED) is 0.723. The molecule has 23 heavy (non-hydrogen) atoms. The number of hydrogen-bond acceptors (Lipinski definition) is 6. The van der Waals surface area contributed by atoms with Gasteiger partial charge in [-0.1, -0.05) is 13.3 Å². The second kappa shape index (κ2) is 8.24. The van der Waals surface area contributed by atoms with E-state index >= 15 is 0 Å². The van der Waals surface area contributed by atoms with Crippen LogP contribution in [0.2, 0.25) is 0 Å². The average molecular weight is 337 g/mol. The predicted molar refractivity (Wildman–Crippen MR) is 92.8 cm³/mol. The number of thiophene rings is 1. The standard InChI is InChI=1S/C16H23N3O3S/c1-4-5-6-10-7-8-11-13(17)14(23-16(11)19-10)15(20)18-9-12(21-2)22-3/h7-8,12H,4-6,9,17H2,1-3H3,(H,18,20). The Kier molecular flexibility index (Phi) is 6.32. The van der Waals surface area contributed by atoms with Crippen molar-refractivity contribution in [3.8, 4) is 0 Å². The molecule has 0 bridgehead atoms. The van der Waals surface area contributed by atoms with Gasteiger partial charge in [0.2, 0.25) is 0 Å². The molecule has 2 heterocycles. The summed E-state index contributed by atoms with van der Waals surface area (Å²) in [6, 6.07) is 3.93. The Labute approximate surface area is 140 Å². The average Bonchev–Trinajstić information content (AvgIpc) is 2.90. The van der Waals surface area contributed by atoms with Crippen LogP contribution in [0.15, 0.2) is 12.1 Å². The molecule has 7 heteroatoms. The number of nitrogens with one attached hydrogen (secondary N) is 1. The topological polar surface area (TPSA) is 86.5 Å². The summed E-state index contributed by atoms with van der Waals surface area (Å²) in [5.41, 5.74) is 7.62. The van der Waals surface area contributed by atoms with Gasteiger partial charge in [-0.25, -0.2) is 4.98 Å². The molecule has 6 nitrogen and oxygen atoms in total. The van der Waals surface area contributed by atoms with Crippen LogP contribution in [0.4, 0.5) is 5.69 Å². The summed E-state index contributed by atoms with van der Waals surface area (Å²) in [4.78, 5) is 18.2. The van der Waals surface area contributed by atoms with Crippen molar-refractivity contribution in [1.82, 2.24) is 10.3 Å². The van der Waals surface area contributed by atoms with Gasteiger partial charge >= 0.3 is 0 Å². The van der Waals surface area contributed by atoms with Crippen LogP contribution in [0.3, 0.4) is 0 Å². The second-order valence-electron chi connectivity index (χ2n) is 5.21. The molecule has 2 aromatic rings. The van der Waals surface area contributed by atoms with Crippen molar-refractivity contribution in [2.24, 2.45) is 0 Å². The van der Waals surface area contributed by atoms with E-state index in [-0.39, 0.29) is 12.5 Å². The molecule has 0 aliphatic carbocycles. The van der Waals surface area contributed by atoms with Gasteiger partial charge in [0.25, 0.3) is 5.91 Å². The number of aromatic nitrogens is 1. The molecule has 0 saturated heterocycles. The number of unbranched alkanes of at least 4 members (excludes halogenated alkanes) is 1. The van der Waals surface area contributed by atoms with E-state index in [9.17, 15) is 4.79 Å². The third kappa shape index (κ3) is 4.19. The maximum absolute atomic E-state index is 12.3. The monoisotopic (exact) mass is 337 g/mol. The molecule has 0 fully saturated rings. The summed E-state index contributed by atoms with van der Waals surface area (Å²) in [5.74, 6) is -0.236. The van der Waals surface area contributed by atoms with Gasteiger partial charge in [0.15, 0.2) is 6.29 Å². The number of rotatable bonds is 8. The summed E-state index contributed by atoms with van der Waals surface area (Å²) in [6.07, 6.45) is 2.69. The minimum Gasteiger partial charge on any atom is -0.397 e. The SMILES string of the molecule is CCCCc1ccc2c(N)c(C(=O)NCC(OC)OC)sc2n1. The Morgan fingerprint density at radius 2 is 2.13 bits per heavy atom. The number of aryl methyl sites for hydroxylation is 1. The van der Waals surface area contributed by atoms with E-state index in [0.29, 0.717) is 10.6 Å². The maximum atomic E-state index is 12.3. The Morgan fingerprint density at radius 1 is 1.39 bits per heavy atom. The molecule has 0 aliphatic rings. The highest BCUT2D eigenvalue weighted by atomic mass is 32.1. The number of amides is 1. The summed E-state index contributed by atoms with van der Waals surface area (Å²) in [7, 11) is 3.05. The van der Waals surface area contributed by atoms with Crippen LogP contribution in [0, 0.1) is 0 Å². The highest BCUT2D eigenvalue weighted by Gasteiger charge is 2.18. The molecule has 0 unspecified atom stereocenters. The fourth-order valence-electron chi connectivity index (χ4n) is 2.22. The molecular weight excluding hydrogens is 314 g/mol. The Morgan fingerprint density at radius 3 is 2.78 bits per heavy atom. The number of hydrogen-bond donors (Lipinski definition) is 2. The fraction of sp³-hybridized carbons (Fsp3) is 0.500. The maximum Gasteiger partial charge on any atom is 0.263 e. The first kappa shape index (κ1) is 17.7. The first-order valence-electron chi connectivity index (χ1n) is 7.62. The first-order chi connectivity index (χ1) is 11.1. The minimum absolute atomic E-state index is 0.236. The zero-order valence-corrected chi connectivity index (χ0v) is 14.5. The lowest BCUT2D eigenvalue weighted by molar-refractivity contribution is -0.0974. The van der Waals surface area contributed by atoms with Gasteiger partial charge in [-0.15, -0.1) is 11.3 Å². The van der Waals surface area contributed by atoms with Gasteiger partial charge in [-0.05, 0) is 25.0 Å². The minimum atomic E-state index is -0.478. The summed E-state index contributed by atoms with van der Waals surface area (Å²) in [5, 5.41) is 3.59. The fourth-order valence-corrected chi connectivity index (χ4v) is 3.25. The number of anilines is 1. The molecule has 0 spiro atoms. The summed E-state index contributed by atoms with van der Waals surface area (Å²) >= 11 is 1.32. The Hall–Kier alpha value is -1.70. The molecule has 0 saturated carbocycles. The smallest absolute Gasteiger partial charge is 0.263 e. The lowest BCUT2D eigenvalue weighted by Gasteiger charge is -2.13. The van der Waals surface area contributed by atoms with Crippen molar-refractivity contribution in [3.63, 3.8) is 0 Å². The second-order valence-corrected chi connectivity index (χ2v) is 6.21. The third-order valence-corrected chi connectivity index (χ3v) is 4.71. The lowest BCUT2D eigenvalue weighted by atomic mass is 10.1. The van der Waals surface area contributed by atoms with Crippen LogP contribution in [-0.4, -0.2) is 37.9 Å². The number of nitrogens with zero attached hydrogens (tertiary/aromatic N) is 1. The molecular formula is C16H23N3O3S. The predicted octanol–water partition coefficient (Wildman–Crippen LogP) is 2.57. The van der Waals surface area contributed by atoms with E-state index in [0.717, 1.165) is 35.2 Å². The van der Waals surface area contributed by atoms with E-state index < -0.39 is 6.29 Å². The van der Waals surface area contributed by atoms with E-state index in [2.05, 4.69) is 17.2 Å². The third-order valence-electron chi connectivity index (χ3n) is 3.60. The number of pyridine rings is 1. The molecule has 3 N–H and O–H groups in total. The van der Waals surface area contributed by atoms with Crippen molar-refractivity contribution < 1.29 is 14.3 Å². The summed E-state index contributed by atoms with van der Waals surface area (Å²) < 4.78 is 10.1. The molecule has 1 amide bonds. The molecule has 0 radical (unpaired) electrons. The number of nitrogens with two attached hydrogens (primary N) is 1. The van der Waals surface area contributed by atoms with Crippen LogP contribution in [0.5, 0.6) is 0 Å². The van der Waals surface area contributed by atoms with Crippen LogP contribution in [-0.2, 0) is 15.9 Å². The van der Waals surface area contributed by atoms with Gasteiger partial charge in [-0.3, -0.25) is 4.79 Å². The molecule has 0 aliphatic heterocycles. The van der Waals surface area contributed by atoms with Crippen LogP contribution in [0.1, 0.15) is 35.1 Å². The van der Waals surface area contributed by atoms with E-state index in [1.807, 2.05) is 12.1 Å². The van der Waals surface area contributed by atoms with Gasteiger partial charge in [0, 0.05) is 25.3 Å². The van der Waals surface area contributed by atoms with Gasteiger partial charge in [0.1, 0.15) is 9.71 Å². The van der Waals surface area contributed by atoms with E-state index in [4.69, 9.17) is 15.2 Å². The normalized spacial score (nSPS) is 11.3. The molecule has 126 valence electrons. The summed E-state index contributed by atoms with van der Waals surface area (Å²) in [6.45, 7) is 2.41. The number of methoxy groups -OCH3 is 2. The highest BCUT2D eigenvalue weighted by Crippen LogP contribution is 2.32. The largest absolute Gasteiger partial charge is 0.397 e. The van der Waals surface area contributed by atoms with Crippen LogP contribution in [0.25, 0.3) is 10.2 Å². The first-order valence-corrected chi connectivity index (χ1v) is 8.44. The van der Waals surface area contributed by atoms with E-state index in [1.165, 1.54) is 25.6 Å². The molecule has 2 rings (SSSR count). The molecule has 2 aromatic heterocycles. The van der Waals surface area contributed by atoms with Crippen molar-refractivity contribution in [2.75, 3.05) is 26.5 Å². The van der Waals surface area contributed by atoms with Crippen molar-refractivity contribution in [3.05, 3.63) is 22.7 Å². The van der Waals surface area contributed by atoms with E-state index in [1.54, 1.807) is 0 Å². The number of fused-ring (bicyclic) bond motifs is 1. The van der Waals surface area contributed by atoms with Crippen molar-refractivity contribution in [2.45, 2.75) is 32.5 Å². The molecule has 0 atom stereocenters. The van der Waals surface area contributed by atoms with Crippen LogP contribution >= 0.6 is 11.3 Å². The van der Waals surface area contributed by atoms with Gasteiger partial charge in [-0.2, -0.15) is 0 Å². The number of nitrogen functional groups attached to an aromatic ring is 1. The zero-order chi connectivity index (χ0) is 16.8. The van der Waals surface area contributed by atoms with Gasteiger partial charge < -0.3 is 20.5 Å². The zero-order valence-electron chi connectivity index (χ0n) is 13.7. The van der Waals surface area contributed by atoms with Crippen LogP contribution < -0.4 is 11.1 Å². The number of carbonyl (C=O) groups excluding carboxylic acids is 1. The highest BCUT2D eigenvalue weighted by molar-refractivity contribution is 7.21. The Bertz CT molecular complexity index is 668. The van der Waals surface area contributed by atoms with Crippen molar-refractivity contribution >= 4 is 33.1 Å². The Balaban J connectivity index is 2.17. The number of carbonyl (C=O) groups is 1. The van der Waals surface area contributed by atoms with Crippen molar-refractivity contribution in [1.29, 1.82) is 0 Å².